The van der Waals surface area contributed by atoms with Crippen LogP contribution in [0.25, 0.3) is 0 Å². The molecule has 4 heteroatoms. The Hall–Kier alpha value is -1.16. The van der Waals surface area contributed by atoms with Gasteiger partial charge < -0.3 is 9.47 Å². The van der Waals surface area contributed by atoms with Crippen molar-refractivity contribution in [2.24, 2.45) is 0 Å². The van der Waals surface area contributed by atoms with Crippen molar-refractivity contribution in [3.05, 3.63) is 29.8 Å². The van der Waals surface area contributed by atoms with Gasteiger partial charge >= 0.3 is 6.61 Å². The maximum absolute atomic E-state index is 11.8. The van der Waals surface area contributed by atoms with Crippen molar-refractivity contribution in [3.63, 3.8) is 0 Å². The minimum Gasteiger partial charge on any atom is -0.435 e. The Kier molecular flexibility index (Phi) is 4.49. The molecule has 0 aromatic heterocycles. The highest BCUT2D eigenvalue weighted by molar-refractivity contribution is 5.26. The smallest absolute Gasteiger partial charge is 0.387 e. The summed E-state index contributed by atoms with van der Waals surface area (Å²) in [6.07, 6.45) is 0.155. The third kappa shape index (κ3) is 4.74. The molecule has 1 aromatic carbocycles. The van der Waals surface area contributed by atoms with Gasteiger partial charge in [-0.05, 0) is 31.5 Å². The van der Waals surface area contributed by atoms with Crippen LogP contribution in [0.3, 0.4) is 0 Å². The normalized spacial score (nSPS) is 11.1. The first-order valence-electron chi connectivity index (χ1n) is 4.73. The Bertz CT molecular complexity index is 283. The first-order valence-corrected chi connectivity index (χ1v) is 4.73. The summed E-state index contributed by atoms with van der Waals surface area (Å²) in [4.78, 5) is 0. The van der Waals surface area contributed by atoms with Crippen molar-refractivity contribution < 1.29 is 18.3 Å². The van der Waals surface area contributed by atoms with E-state index in [2.05, 4.69) is 4.74 Å². The Morgan fingerprint density at radius 3 is 2.20 bits per heavy atom. The molecule has 0 aliphatic heterocycles. The number of alkyl halides is 2. The number of rotatable bonds is 5. The number of ether oxygens (including phenoxy) is 2. The van der Waals surface area contributed by atoms with Gasteiger partial charge in [0.05, 0.1) is 12.7 Å². The average molecular weight is 216 g/mol. The van der Waals surface area contributed by atoms with E-state index in [1.807, 2.05) is 13.8 Å². The fraction of sp³-hybridized carbons (Fsp3) is 0.455. The van der Waals surface area contributed by atoms with Gasteiger partial charge in [-0.1, -0.05) is 12.1 Å². The van der Waals surface area contributed by atoms with Crippen molar-refractivity contribution in [2.45, 2.75) is 33.2 Å². The molecule has 0 aliphatic carbocycles. The monoisotopic (exact) mass is 216 g/mol. The van der Waals surface area contributed by atoms with E-state index in [4.69, 9.17) is 4.74 Å². The summed E-state index contributed by atoms with van der Waals surface area (Å²) in [5.41, 5.74) is 0.935. The molecule has 2 nitrogen and oxygen atoms in total. The SMILES string of the molecule is CC(C)OCc1ccc(OC(F)F)cc1. The number of halogens is 2. The summed E-state index contributed by atoms with van der Waals surface area (Å²) >= 11 is 0. The van der Waals surface area contributed by atoms with Gasteiger partial charge in [0.1, 0.15) is 5.75 Å². The summed E-state index contributed by atoms with van der Waals surface area (Å²) in [7, 11) is 0. The topological polar surface area (TPSA) is 18.5 Å². The van der Waals surface area contributed by atoms with Crippen LogP contribution in [0.15, 0.2) is 24.3 Å². The van der Waals surface area contributed by atoms with Crippen molar-refractivity contribution >= 4 is 0 Å². The van der Waals surface area contributed by atoms with Crippen LogP contribution in [0.1, 0.15) is 19.4 Å². The van der Waals surface area contributed by atoms with Crippen LogP contribution in [0.4, 0.5) is 8.78 Å². The number of hydrogen-bond acceptors (Lipinski definition) is 2. The highest BCUT2D eigenvalue weighted by Crippen LogP contribution is 2.15. The zero-order valence-corrected chi connectivity index (χ0v) is 8.74. The molecule has 0 amide bonds. The van der Waals surface area contributed by atoms with Crippen LogP contribution in [-0.4, -0.2) is 12.7 Å². The lowest BCUT2D eigenvalue weighted by Gasteiger charge is -2.08. The first kappa shape index (κ1) is 11.9. The lowest BCUT2D eigenvalue weighted by molar-refractivity contribution is -0.0498. The molecule has 0 saturated carbocycles. The quantitative estimate of drug-likeness (QED) is 0.752. The number of hydrogen-bond donors (Lipinski definition) is 0. The zero-order chi connectivity index (χ0) is 11.3. The van der Waals surface area contributed by atoms with Gasteiger partial charge in [0, 0.05) is 0 Å². The standard InChI is InChI=1S/C11H14F2O2/c1-8(2)14-7-9-3-5-10(6-4-9)15-11(12)13/h3-6,8,11H,7H2,1-2H3. The van der Waals surface area contributed by atoms with Gasteiger partial charge in [-0.2, -0.15) is 8.78 Å². The fourth-order valence-electron chi connectivity index (χ4n) is 1.03. The van der Waals surface area contributed by atoms with Gasteiger partial charge in [0.15, 0.2) is 0 Å². The van der Waals surface area contributed by atoms with E-state index in [9.17, 15) is 8.78 Å². The molecule has 0 N–H and O–H groups in total. The van der Waals surface area contributed by atoms with Crippen molar-refractivity contribution in [1.82, 2.24) is 0 Å². The largest absolute Gasteiger partial charge is 0.435 e. The molecule has 0 unspecified atom stereocenters. The van der Waals surface area contributed by atoms with Gasteiger partial charge in [0.25, 0.3) is 0 Å². The molecule has 0 saturated heterocycles. The van der Waals surface area contributed by atoms with E-state index in [0.29, 0.717) is 6.61 Å². The Morgan fingerprint density at radius 2 is 1.73 bits per heavy atom. The minimum absolute atomic E-state index is 0.155. The summed E-state index contributed by atoms with van der Waals surface area (Å²) in [6, 6.07) is 6.43. The molecule has 0 fully saturated rings. The number of benzene rings is 1. The Balaban J connectivity index is 2.49. The lowest BCUT2D eigenvalue weighted by Crippen LogP contribution is -2.03. The molecule has 0 heterocycles. The van der Waals surface area contributed by atoms with Crippen LogP contribution in [0.5, 0.6) is 5.75 Å². The molecule has 0 bridgehead atoms. The van der Waals surface area contributed by atoms with Gasteiger partial charge in [0.2, 0.25) is 0 Å². The van der Waals surface area contributed by atoms with E-state index in [0.717, 1.165) is 5.56 Å². The summed E-state index contributed by atoms with van der Waals surface area (Å²) in [6.45, 7) is 1.58. The minimum atomic E-state index is -2.78. The van der Waals surface area contributed by atoms with Crippen LogP contribution in [0, 0.1) is 0 Å². The third-order valence-electron chi connectivity index (χ3n) is 1.73. The second kappa shape index (κ2) is 5.66. The molecular formula is C11H14F2O2. The van der Waals surface area contributed by atoms with Crippen molar-refractivity contribution in [2.75, 3.05) is 0 Å². The van der Waals surface area contributed by atoms with E-state index < -0.39 is 6.61 Å². The third-order valence-corrected chi connectivity index (χ3v) is 1.73. The van der Waals surface area contributed by atoms with E-state index in [1.165, 1.54) is 12.1 Å². The highest BCUT2D eigenvalue weighted by atomic mass is 19.3. The molecule has 15 heavy (non-hydrogen) atoms. The molecule has 1 aromatic rings. The molecule has 0 aliphatic rings. The lowest BCUT2D eigenvalue weighted by atomic mass is 10.2. The van der Waals surface area contributed by atoms with Crippen LogP contribution < -0.4 is 4.74 Å². The predicted octanol–water partition coefficient (Wildman–Crippen LogP) is 3.21. The highest BCUT2D eigenvalue weighted by Gasteiger charge is 2.03. The second-order valence-corrected chi connectivity index (χ2v) is 3.38. The van der Waals surface area contributed by atoms with E-state index in [1.54, 1.807) is 12.1 Å². The van der Waals surface area contributed by atoms with Crippen LogP contribution >= 0.6 is 0 Å². The van der Waals surface area contributed by atoms with E-state index >= 15 is 0 Å². The second-order valence-electron chi connectivity index (χ2n) is 3.38. The van der Waals surface area contributed by atoms with Gasteiger partial charge in [-0.25, -0.2) is 0 Å². The van der Waals surface area contributed by atoms with Crippen LogP contribution in [-0.2, 0) is 11.3 Å². The average Bonchev–Trinajstić information content (AvgIpc) is 2.16. The summed E-state index contributed by atoms with van der Waals surface area (Å²) < 4.78 is 33.2. The maximum atomic E-state index is 11.8. The molecule has 0 radical (unpaired) electrons. The molecule has 84 valence electrons. The Morgan fingerprint density at radius 1 is 1.13 bits per heavy atom. The maximum Gasteiger partial charge on any atom is 0.387 e. The van der Waals surface area contributed by atoms with E-state index in [-0.39, 0.29) is 11.9 Å². The van der Waals surface area contributed by atoms with Gasteiger partial charge in [-0.15, -0.1) is 0 Å². The van der Waals surface area contributed by atoms with Crippen molar-refractivity contribution in [1.29, 1.82) is 0 Å². The molecule has 1 rings (SSSR count). The Labute approximate surface area is 87.8 Å². The summed E-state index contributed by atoms with van der Waals surface area (Å²) in [5.74, 6) is 0.165. The predicted molar refractivity (Wildman–Crippen MR) is 53.0 cm³/mol. The summed E-state index contributed by atoms with van der Waals surface area (Å²) in [5, 5.41) is 0. The molecule has 0 spiro atoms. The first-order chi connectivity index (χ1) is 7.08. The van der Waals surface area contributed by atoms with Crippen LogP contribution in [0.2, 0.25) is 0 Å². The fourth-order valence-corrected chi connectivity index (χ4v) is 1.03. The van der Waals surface area contributed by atoms with Gasteiger partial charge in [-0.3, -0.25) is 0 Å². The van der Waals surface area contributed by atoms with Crippen molar-refractivity contribution in [3.8, 4) is 5.75 Å². The zero-order valence-electron chi connectivity index (χ0n) is 8.74. The molecule has 0 atom stereocenters. The molecular weight excluding hydrogens is 202 g/mol.